The van der Waals surface area contributed by atoms with Gasteiger partial charge >= 0.3 is 27.3 Å². The van der Waals surface area contributed by atoms with Crippen molar-refractivity contribution in [1.82, 2.24) is 9.97 Å². The molecule has 0 spiro atoms. The Labute approximate surface area is 197 Å². The minimum Gasteiger partial charge on any atom is -0.872 e. The third kappa shape index (κ3) is 5.90. The summed E-state index contributed by atoms with van der Waals surface area (Å²) in [6.07, 6.45) is 0. The fourth-order valence-corrected chi connectivity index (χ4v) is 3.64. The minimum absolute atomic E-state index is 0. The van der Waals surface area contributed by atoms with E-state index in [1.54, 1.807) is 35.0 Å². The van der Waals surface area contributed by atoms with Gasteiger partial charge in [-0.25, -0.2) is 9.97 Å². The average molecular weight is 523 g/mol. The smallest absolute Gasteiger partial charge is 0.872 e. The molecule has 29 heavy (non-hydrogen) atoms. The van der Waals surface area contributed by atoms with Crippen LogP contribution in [0, 0.1) is 13.8 Å². The zero-order valence-electron chi connectivity index (χ0n) is 16.0. The quantitative estimate of drug-likeness (QED) is 0.388. The molecule has 4 N–H and O–H groups in total. The standard InChI is InChI=1S/2C10H10N2OS.Cd/c2*1-6-2-3-9(13)7(4-6)8-5-14-10(11)12-8;/h2*2-5,13H,1H3,(H2,11,12);/q;;+2/p-2. The summed E-state index contributed by atoms with van der Waals surface area (Å²) in [5.41, 5.74) is 15.7. The number of hydrogen-bond acceptors (Lipinski definition) is 8. The Kier molecular flexibility index (Phi) is 7.99. The Morgan fingerprint density at radius 2 is 1.10 bits per heavy atom. The molecule has 9 heteroatoms. The summed E-state index contributed by atoms with van der Waals surface area (Å²) in [4.78, 5) is 8.16. The molecule has 0 atom stereocenters. The van der Waals surface area contributed by atoms with Crippen LogP contribution in [0.2, 0.25) is 0 Å². The molecular formula is C20H18CdN4O2S2. The summed E-state index contributed by atoms with van der Waals surface area (Å²) in [6.45, 7) is 3.89. The summed E-state index contributed by atoms with van der Waals surface area (Å²) >= 11 is 2.68. The predicted molar refractivity (Wildman–Crippen MR) is 112 cm³/mol. The molecule has 0 saturated heterocycles. The van der Waals surface area contributed by atoms with E-state index in [9.17, 15) is 10.2 Å². The van der Waals surface area contributed by atoms with Gasteiger partial charge in [0, 0.05) is 10.8 Å². The number of nitrogen functional groups attached to an aromatic ring is 2. The predicted octanol–water partition coefficient (Wildman–Crippen LogP) is 3.55. The number of aryl methyl sites for hydroxylation is 2. The van der Waals surface area contributed by atoms with Crippen LogP contribution in [-0.4, -0.2) is 9.97 Å². The van der Waals surface area contributed by atoms with Crippen molar-refractivity contribution in [3.05, 3.63) is 58.3 Å². The molecule has 2 aromatic carbocycles. The summed E-state index contributed by atoms with van der Waals surface area (Å²) in [6, 6.07) is 10.4. The van der Waals surface area contributed by atoms with Gasteiger partial charge in [-0.05, 0) is 25.0 Å². The normalized spacial score (nSPS) is 10.0. The maximum atomic E-state index is 11.5. The Bertz CT molecular complexity index is 1020. The van der Waals surface area contributed by atoms with Crippen molar-refractivity contribution in [2.75, 3.05) is 11.5 Å². The Morgan fingerprint density at radius 3 is 1.41 bits per heavy atom. The number of anilines is 2. The van der Waals surface area contributed by atoms with Gasteiger partial charge < -0.3 is 21.7 Å². The van der Waals surface area contributed by atoms with Gasteiger partial charge in [-0.2, -0.15) is 0 Å². The van der Waals surface area contributed by atoms with E-state index in [0.29, 0.717) is 32.8 Å². The van der Waals surface area contributed by atoms with E-state index in [1.165, 1.54) is 22.7 Å². The van der Waals surface area contributed by atoms with E-state index in [1.807, 2.05) is 26.0 Å². The maximum Gasteiger partial charge on any atom is 2.00 e. The van der Waals surface area contributed by atoms with Crippen LogP contribution < -0.4 is 21.7 Å². The van der Waals surface area contributed by atoms with E-state index in [-0.39, 0.29) is 38.8 Å². The monoisotopic (exact) mass is 524 g/mol. The molecule has 0 fully saturated rings. The zero-order chi connectivity index (χ0) is 20.3. The number of thiazole rings is 2. The number of hydrogen-bond donors (Lipinski definition) is 2. The summed E-state index contributed by atoms with van der Waals surface area (Å²) < 4.78 is 0. The SMILES string of the molecule is Cc1ccc([O-])c(-c2csc(N)n2)c1.Cc1ccc([O-])c(-c2csc(N)n2)c1.[Cd+2]. The van der Waals surface area contributed by atoms with Crippen LogP contribution in [0.1, 0.15) is 11.1 Å². The van der Waals surface area contributed by atoms with Crippen LogP contribution in [0.3, 0.4) is 0 Å². The Balaban J connectivity index is 0.000000200. The molecule has 2 heterocycles. The second-order valence-corrected chi connectivity index (χ2v) is 7.92. The van der Waals surface area contributed by atoms with E-state index >= 15 is 0 Å². The summed E-state index contributed by atoms with van der Waals surface area (Å²) in [7, 11) is 0. The van der Waals surface area contributed by atoms with Crippen LogP contribution in [0.25, 0.3) is 22.5 Å². The summed E-state index contributed by atoms with van der Waals surface area (Å²) in [5.74, 6) is -0.0261. The van der Waals surface area contributed by atoms with Crippen LogP contribution >= 0.6 is 22.7 Å². The molecular weight excluding hydrogens is 505 g/mol. The topological polar surface area (TPSA) is 124 Å². The van der Waals surface area contributed by atoms with Crippen molar-refractivity contribution in [2.24, 2.45) is 0 Å². The molecule has 0 radical (unpaired) electrons. The van der Waals surface area contributed by atoms with E-state index in [4.69, 9.17) is 11.5 Å². The number of nitrogens with zero attached hydrogens (tertiary/aromatic N) is 2. The molecule has 2 aromatic heterocycles. The van der Waals surface area contributed by atoms with Gasteiger partial charge in [-0.3, -0.25) is 0 Å². The van der Waals surface area contributed by atoms with Crippen molar-refractivity contribution in [2.45, 2.75) is 13.8 Å². The molecule has 0 aliphatic rings. The summed E-state index contributed by atoms with van der Waals surface area (Å²) in [5, 5.41) is 27.6. The van der Waals surface area contributed by atoms with Gasteiger partial charge in [0.1, 0.15) is 0 Å². The van der Waals surface area contributed by atoms with Gasteiger partial charge in [-0.1, -0.05) is 59.0 Å². The molecule has 0 aliphatic heterocycles. The van der Waals surface area contributed by atoms with Gasteiger partial charge in [0.25, 0.3) is 0 Å². The zero-order valence-corrected chi connectivity index (χ0v) is 21.7. The van der Waals surface area contributed by atoms with Crippen molar-refractivity contribution < 1.29 is 37.5 Å². The number of rotatable bonds is 2. The first-order valence-electron chi connectivity index (χ1n) is 8.31. The van der Waals surface area contributed by atoms with Crippen LogP contribution in [0.15, 0.2) is 47.2 Å². The number of nitrogens with two attached hydrogens (primary N) is 2. The minimum atomic E-state index is -0.0131. The largest absolute Gasteiger partial charge is 2.00 e. The van der Waals surface area contributed by atoms with E-state index in [2.05, 4.69) is 9.97 Å². The van der Waals surface area contributed by atoms with E-state index in [0.717, 1.165) is 11.1 Å². The molecule has 4 rings (SSSR count). The third-order valence-corrected chi connectivity index (χ3v) is 5.21. The fraction of sp³-hybridized carbons (Fsp3) is 0.100. The van der Waals surface area contributed by atoms with E-state index < -0.39 is 0 Å². The Hall–Kier alpha value is -2.18. The second-order valence-electron chi connectivity index (χ2n) is 6.14. The molecule has 0 saturated carbocycles. The second kappa shape index (κ2) is 10.0. The van der Waals surface area contributed by atoms with Crippen LogP contribution in [0.4, 0.5) is 10.3 Å². The number of aromatic nitrogens is 2. The van der Waals surface area contributed by atoms with Gasteiger partial charge in [0.2, 0.25) is 0 Å². The molecule has 6 nitrogen and oxygen atoms in total. The first-order chi connectivity index (χ1) is 13.3. The molecule has 0 unspecified atom stereocenters. The third-order valence-electron chi connectivity index (χ3n) is 3.87. The van der Waals surface area contributed by atoms with Gasteiger partial charge in [0.05, 0.1) is 11.4 Å². The number of benzene rings is 2. The molecule has 4 aromatic rings. The average Bonchev–Trinajstić information content (AvgIpc) is 3.28. The first-order valence-corrected chi connectivity index (χ1v) is 10.1. The molecule has 144 valence electrons. The first kappa shape index (κ1) is 23.1. The van der Waals surface area contributed by atoms with Crippen molar-refractivity contribution in [3.63, 3.8) is 0 Å². The van der Waals surface area contributed by atoms with Gasteiger partial charge in [-0.15, -0.1) is 22.7 Å². The molecule has 0 bridgehead atoms. The van der Waals surface area contributed by atoms with Crippen molar-refractivity contribution in [3.8, 4) is 34.0 Å². The Morgan fingerprint density at radius 1 is 0.724 bits per heavy atom. The van der Waals surface area contributed by atoms with Crippen LogP contribution in [0.5, 0.6) is 11.5 Å². The van der Waals surface area contributed by atoms with Crippen LogP contribution in [-0.2, 0) is 27.3 Å². The molecule has 0 aliphatic carbocycles. The van der Waals surface area contributed by atoms with Crippen molar-refractivity contribution in [1.29, 1.82) is 0 Å². The van der Waals surface area contributed by atoms with Crippen molar-refractivity contribution >= 4 is 32.9 Å². The maximum absolute atomic E-state index is 11.5. The van der Waals surface area contributed by atoms with Gasteiger partial charge in [0.15, 0.2) is 10.3 Å². The molecule has 0 amide bonds. The fourth-order valence-electron chi connectivity index (χ4n) is 2.51.